The first kappa shape index (κ1) is 9.82. The van der Waals surface area contributed by atoms with Crippen molar-refractivity contribution in [2.24, 2.45) is 0 Å². The molecule has 0 spiro atoms. The van der Waals surface area contributed by atoms with Crippen LogP contribution in [0.25, 0.3) is 5.52 Å². The summed E-state index contributed by atoms with van der Waals surface area (Å²) in [6.07, 6.45) is -3.13. The van der Waals surface area contributed by atoms with Gasteiger partial charge in [-0.1, -0.05) is 6.07 Å². The summed E-state index contributed by atoms with van der Waals surface area (Å²) in [5, 5.41) is 0. The van der Waals surface area contributed by atoms with Crippen molar-refractivity contribution >= 4 is 11.3 Å². The van der Waals surface area contributed by atoms with E-state index >= 15 is 0 Å². The zero-order valence-corrected chi connectivity index (χ0v) is 7.84. The van der Waals surface area contributed by atoms with Gasteiger partial charge in [-0.15, -0.1) is 0 Å². The van der Waals surface area contributed by atoms with Crippen molar-refractivity contribution in [3.8, 4) is 0 Å². The maximum atomic E-state index is 12.5. The highest BCUT2D eigenvalue weighted by Gasteiger charge is 2.36. The van der Waals surface area contributed by atoms with E-state index in [1.165, 1.54) is 12.3 Å². The van der Waals surface area contributed by atoms with E-state index in [2.05, 4.69) is 4.98 Å². The molecule has 0 aliphatic rings. The van der Waals surface area contributed by atoms with E-state index in [0.29, 0.717) is 5.56 Å². The lowest BCUT2D eigenvalue weighted by Crippen LogP contribution is -2.10. The zero-order valence-electron chi connectivity index (χ0n) is 7.84. The molecule has 2 aromatic rings. The number of hydrogen-bond donors (Lipinski definition) is 1. The monoisotopic (exact) mass is 215 g/mol. The van der Waals surface area contributed by atoms with Gasteiger partial charge in [-0.25, -0.2) is 4.98 Å². The number of halogens is 3. The Hall–Kier alpha value is -1.72. The van der Waals surface area contributed by atoms with Crippen molar-refractivity contribution in [2.45, 2.75) is 13.1 Å². The molecule has 0 fully saturated rings. The molecule has 6 heteroatoms. The van der Waals surface area contributed by atoms with Gasteiger partial charge >= 0.3 is 6.18 Å². The highest BCUT2D eigenvalue weighted by Crippen LogP contribution is 2.31. The Kier molecular flexibility index (Phi) is 1.89. The second-order valence-corrected chi connectivity index (χ2v) is 3.28. The second kappa shape index (κ2) is 2.88. The average molecular weight is 215 g/mol. The molecule has 0 unspecified atom stereocenters. The normalized spacial score (nSPS) is 12.3. The third kappa shape index (κ3) is 1.51. The SMILES string of the molecule is Cc1ccc2c(N)nc(C(F)(F)F)n2c1. The van der Waals surface area contributed by atoms with Crippen LogP contribution in [0.3, 0.4) is 0 Å². The molecule has 2 aromatic heterocycles. The molecule has 0 atom stereocenters. The molecule has 0 aliphatic carbocycles. The molecule has 15 heavy (non-hydrogen) atoms. The van der Waals surface area contributed by atoms with Crippen molar-refractivity contribution < 1.29 is 13.2 Å². The molecule has 2 rings (SSSR count). The second-order valence-electron chi connectivity index (χ2n) is 3.28. The smallest absolute Gasteiger partial charge is 0.382 e. The number of aryl methyl sites for hydroxylation is 1. The van der Waals surface area contributed by atoms with Gasteiger partial charge in [0.05, 0.1) is 5.52 Å². The predicted octanol–water partition coefficient (Wildman–Crippen LogP) is 2.24. The maximum absolute atomic E-state index is 12.5. The number of nitrogens with two attached hydrogens (primary N) is 1. The summed E-state index contributed by atoms with van der Waals surface area (Å²) in [5.74, 6) is -1.10. The Morgan fingerprint density at radius 1 is 1.33 bits per heavy atom. The van der Waals surface area contributed by atoms with Gasteiger partial charge in [-0.2, -0.15) is 13.2 Å². The Bertz CT molecular complexity index is 513. The van der Waals surface area contributed by atoms with E-state index in [9.17, 15) is 13.2 Å². The molecule has 0 saturated carbocycles. The first-order valence-electron chi connectivity index (χ1n) is 4.21. The van der Waals surface area contributed by atoms with Crippen LogP contribution in [-0.4, -0.2) is 9.38 Å². The fraction of sp³-hybridized carbons (Fsp3) is 0.222. The number of fused-ring (bicyclic) bond motifs is 1. The summed E-state index contributed by atoms with van der Waals surface area (Å²) < 4.78 is 38.5. The quantitative estimate of drug-likeness (QED) is 0.732. The Morgan fingerprint density at radius 3 is 2.60 bits per heavy atom. The minimum absolute atomic E-state index is 0.109. The van der Waals surface area contributed by atoms with Crippen LogP contribution in [0.1, 0.15) is 11.4 Å². The summed E-state index contributed by atoms with van der Waals surface area (Å²) in [6, 6.07) is 3.21. The number of imidazole rings is 1. The van der Waals surface area contributed by atoms with Gasteiger partial charge in [0.15, 0.2) is 0 Å². The number of aromatic nitrogens is 2. The summed E-state index contributed by atoms with van der Waals surface area (Å²) >= 11 is 0. The average Bonchev–Trinajstić information content (AvgIpc) is 2.42. The van der Waals surface area contributed by atoms with Gasteiger partial charge in [-0.05, 0) is 18.6 Å². The van der Waals surface area contributed by atoms with Gasteiger partial charge in [0.2, 0.25) is 5.82 Å². The molecule has 0 bridgehead atoms. The van der Waals surface area contributed by atoms with Crippen molar-refractivity contribution in [3.05, 3.63) is 29.7 Å². The third-order valence-electron chi connectivity index (χ3n) is 2.07. The van der Waals surface area contributed by atoms with E-state index in [1.54, 1.807) is 13.0 Å². The van der Waals surface area contributed by atoms with Gasteiger partial charge in [0.25, 0.3) is 0 Å². The molecule has 0 aromatic carbocycles. The molecule has 0 radical (unpaired) electrons. The molecule has 80 valence electrons. The van der Waals surface area contributed by atoms with Crippen LogP contribution in [-0.2, 0) is 6.18 Å². The number of rotatable bonds is 0. The van der Waals surface area contributed by atoms with E-state index in [4.69, 9.17) is 5.73 Å². The predicted molar refractivity (Wildman–Crippen MR) is 49.3 cm³/mol. The van der Waals surface area contributed by atoms with Crippen molar-refractivity contribution in [1.82, 2.24) is 9.38 Å². The molecule has 0 saturated heterocycles. The van der Waals surface area contributed by atoms with Gasteiger partial charge in [0.1, 0.15) is 5.82 Å². The lowest BCUT2D eigenvalue weighted by atomic mass is 10.3. The lowest BCUT2D eigenvalue weighted by molar-refractivity contribution is -0.145. The van der Waals surface area contributed by atoms with Crippen LogP contribution in [0, 0.1) is 6.92 Å². The number of nitrogens with zero attached hydrogens (tertiary/aromatic N) is 2. The topological polar surface area (TPSA) is 43.3 Å². The Balaban J connectivity index is 2.81. The molecule has 0 aliphatic heterocycles. The van der Waals surface area contributed by atoms with Crippen molar-refractivity contribution in [1.29, 1.82) is 0 Å². The molecule has 0 amide bonds. The first-order chi connectivity index (χ1) is 6.89. The Morgan fingerprint density at radius 2 is 2.00 bits per heavy atom. The minimum atomic E-state index is -4.49. The summed E-state index contributed by atoms with van der Waals surface area (Å²) in [7, 11) is 0. The highest BCUT2D eigenvalue weighted by molar-refractivity contribution is 5.66. The minimum Gasteiger partial charge on any atom is -0.382 e. The van der Waals surface area contributed by atoms with E-state index in [-0.39, 0.29) is 11.3 Å². The fourth-order valence-electron chi connectivity index (χ4n) is 1.42. The summed E-state index contributed by atoms with van der Waals surface area (Å²) in [4.78, 5) is 3.32. The van der Waals surface area contributed by atoms with Gasteiger partial charge in [-0.3, -0.25) is 4.40 Å². The third-order valence-corrected chi connectivity index (χ3v) is 2.07. The van der Waals surface area contributed by atoms with E-state index < -0.39 is 12.0 Å². The first-order valence-corrected chi connectivity index (χ1v) is 4.21. The van der Waals surface area contributed by atoms with Gasteiger partial charge < -0.3 is 5.73 Å². The molecular formula is C9H8F3N3. The fourth-order valence-corrected chi connectivity index (χ4v) is 1.42. The summed E-state index contributed by atoms with van der Waals surface area (Å²) in [5.41, 5.74) is 6.38. The van der Waals surface area contributed by atoms with E-state index in [1.807, 2.05) is 0 Å². The number of hydrogen-bond acceptors (Lipinski definition) is 2. The van der Waals surface area contributed by atoms with Crippen LogP contribution in [0.2, 0.25) is 0 Å². The van der Waals surface area contributed by atoms with E-state index in [0.717, 1.165) is 4.40 Å². The van der Waals surface area contributed by atoms with Crippen LogP contribution >= 0.6 is 0 Å². The van der Waals surface area contributed by atoms with Crippen LogP contribution in [0.5, 0.6) is 0 Å². The highest BCUT2D eigenvalue weighted by atomic mass is 19.4. The van der Waals surface area contributed by atoms with Gasteiger partial charge in [0, 0.05) is 6.20 Å². The zero-order chi connectivity index (χ0) is 11.2. The number of alkyl halides is 3. The van der Waals surface area contributed by atoms with Crippen molar-refractivity contribution in [2.75, 3.05) is 5.73 Å². The van der Waals surface area contributed by atoms with Crippen LogP contribution in [0.15, 0.2) is 18.3 Å². The summed E-state index contributed by atoms with van der Waals surface area (Å²) in [6.45, 7) is 1.70. The lowest BCUT2D eigenvalue weighted by Gasteiger charge is -2.04. The maximum Gasteiger partial charge on any atom is 0.450 e. The van der Waals surface area contributed by atoms with Crippen LogP contribution in [0.4, 0.5) is 19.0 Å². The number of anilines is 1. The Labute approximate surface area is 83.3 Å². The molecule has 2 N–H and O–H groups in total. The molecule has 3 nitrogen and oxygen atoms in total. The molecular weight excluding hydrogens is 207 g/mol. The number of pyridine rings is 1. The van der Waals surface area contributed by atoms with Crippen molar-refractivity contribution in [3.63, 3.8) is 0 Å². The largest absolute Gasteiger partial charge is 0.450 e. The molecule has 2 heterocycles. The van der Waals surface area contributed by atoms with Crippen LogP contribution < -0.4 is 5.73 Å². The standard InChI is InChI=1S/C9H8F3N3/c1-5-2-3-6-7(13)14-8(9(10,11)12)15(6)4-5/h2-4H,13H2,1H3. The number of nitrogen functional groups attached to an aromatic ring is 1.